The van der Waals surface area contributed by atoms with Crippen LogP contribution in [0.3, 0.4) is 0 Å². The predicted octanol–water partition coefficient (Wildman–Crippen LogP) is 17.6. The number of esters is 1. The fraction of sp³-hybridized carbons (Fsp3) is 0.979. The van der Waals surface area contributed by atoms with Gasteiger partial charge < -0.3 is 4.74 Å². The van der Waals surface area contributed by atoms with Crippen LogP contribution in [0.1, 0.15) is 290 Å². The van der Waals surface area contributed by atoms with Gasteiger partial charge in [0.05, 0.1) is 6.61 Å². The van der Waals surface area contributed by atoms with Crippen LogP contribution in [0.4, 0.5) is 0 Å². The molecule has 0 heterocycles. The largest absolute Gasteiger partial charge is 0.465 e. The molecule has 0 saturated carbocycles. The number of ether oxygens (including phenoxy) is 1. The van der Waals surface area contributed by atoms with E-state index in [1.165, 1.54) is 257 Å². The van der Waals surface area contributed by atoms with Crippen molar-refractivity contribution < 1.29 is 9.53 Å². The molecule has 1 atom stereocenters. The minimum atomic E-state index is 0.0610. The molecule has 0 bridgehead atoms. The van der Waals surface area contributed by atoms with E-state index in [1.807, 2.05) is 0 Å². The normalized spacial score (nSPS) is 12.1. The second-order valence-corrected chi connectivity index (χ2v) is 16.6. The van der Waals surface area contributed by atoms with Gasteiger partial charge in [-0.25, -0.2) is 0 Å². The van der Waals surface area contributed by atoms with Crippen LogP contribution >= 0.6 is 0 Å². The number of hydrogen-bond donors (Lipinski definition) is 0. The Hall–Kier alpha value is -0.530. The lowest BCUT2D eigenvalue weighted by Gasteiger charge is -2.17. The highest BCUT2D eigenvalue weighted by atomic mass is 16.5. The molecule has 0 aliphatic rings. The van der Waals surface area contributed by atoms with Crippen LogP contribution in [0.2, 0.25) is 0 Å². The number of carbonyl (C=O) groups is 1. The van der Waals surface area contributed by atoms with Gasteiger partial charge in [0.1, 0.15) is 0 Å². The van der Waals surface area contributed by atoms with Gasteiger partial charge in [0.2, 0.25) is 0 Å². The first-order valence-corrected chi connectivity index (χ1v) is 23.9. The second-order valence-electron chi connectivity index (χ2n) is 16.6. The molecule has 0 rings (SSSR count). The molecule has 0 amide bonds. The Kier molecular flexibility index (Phi) is 44.2. The topological polar surface area (TPSA) is 26.3 Å². The van der Waals surface area contributed by atoms with Gasteiger partial charge in [-0.1, -0.05) is 265 Å². The Balaban J connectivity index is 4.03. The quantitative estimate of drug-likeness (QED) is 0.0466. The lowest BCUT2D eigenvalue weighted by Crippen LogP contribution is -2.14. The Bertz CT molecular complexity index is 615. The molecule has 0 spiro atoms. The van der Waals surface area contributed by atoms with Gasteiger partial charge in [-0.05, 0) is 25.2 Å². The smallest absolute Gasteiger partial charge is 0.305 e. The molecule has 0 saturated heterocycles. The summed E-state index contributed by atoms with van der Waals surface area (Å²) < 4.78 is 5.89. The monoisotopic (exact) mass is 705 g/mol. The van der Waals surface area contributed by atoms with Crippen molar-refractivity contribution in [3.05, 3.63) is 0 Å². The zero-order valence-corrected chi connectivity index (χ0v) is 35.3. The maximum atomic E-state index is 12.6. The van der Waals surface area contributed by atoms with E-state index in [0.717, 1.165) is 6.42 Å². The lowest BCUT2D eigenvalue weighted by atomic mass is 9.94. The van der Waals surface area contributed by atoms with E-state index < -0.39 is 0 Å². The average Bonchev–Trinajstić information content (AvgIpc) is 3.12. The van der Waals surface area contributed by atoms with Crippen molar-refractivity contribution in [1.82, 2.24) is 0 Å². The average molecular weight is 705 g/mol. The van der Waals surface area contributed by atoms with Gasteiger partial charge >= 0.3 is 5.97 Å². The SMILES string of the molecule is CCCCCCCCCCCCCCCCCCC(CCCCCCCCCCCCCCCC)COC(=O)CCCCCCCCCCC. The highest BCUT2D eigenvalue weighted by Gasteiger charge is 2.12. The van der Waals surface area contributed by atoms with Crippen LogP contribution in [-0.2, 0) is 9.53 Å². The van der Waals surface area contributed by atoms with Crippen LogP contribution in [0, 0.1) is 5.92 Å². The molecule has 0 aromatic rings. The molecule has 2 nitrogen and oxygen atoms in total. The van der Waals surface area contributed by atoms with E-state index in [-0.39, 0.29) is 5.97 Å². The first kappa shape index (κ1) is 49.5. The number of hydrogen-bond acceptors (Lipinski definition) is 2. The summed E-state index contributed by atoms with van der Waals surface area (Å²) in [4.78, 5) is 12.6. The summed E-state index contributed by atoms with van der Waals surface area (Å²) in [7, 11) is 0. The van der Waals surface area contributed by atoms with Crippen LogP contribution in [-0.4, -0.2) is 12.6 Å². The van der Waals surface area contributed by atoms with E-state index in [9.17, 15) is 4.79 Å². The zero-order chi connectivity index (χ0) is 36.3. The van der Waals surface area contributed by atoms with Crippen LogP contribution in [0.5, 0.6) is 0 Å². The molecule has 0 aliphatic carbocycles. The van der Waals surface area contributed by atoms with Gasteiger partial charge in [-0.3, -0.25) is 4.79 Å². The van der Waals surface area contributed by atoms with Crippen molar-refractivity contribution in [2.45, 2.75) is 290 Å². The van der Waals surface area contributed by atoms with E-state index >= 15 is 0 Å². The Morgan fingerprint density at radius 3 is 0.800 bits per heavy atom. The molecule has 0 aliphatic heterocycles. The van der Waals surface area contributed by atoms with Gasteiger partial charge in [-0.15, -0.1) is 0 Å². The summed E-state index contributed by atoms with van der Waals surface area (Å²) in [6.45, 7) is 7.56. The summed E-state index contributed by atoms with van der Waals surface area (Å²) in [6, 6.07) is 0. The first-order valence-electron chi connectivity index (χ1n) is 23.9. The van der Waals surface area contributed by atoms with Crippen molar-refractivity contribution in [3.8, 4) is 0 Å². The van der Waals surface area contributed by atoms with E-state index in [0.29, 0.717) is 18.9 Å². The third kappa shape index (κ3) is 41.9. The van der Waals surface area contributed by atoms with Crippen LogP contribution in [0.15, 0.2) is 0 Å². The van der Waals surface area contributed by atoms with Gasteiger partial charge in [0, 0.05) is 6.42 Å². The van der Waals surface area contributed by atoms with E-state index in [1.54, 1.807) is 0 Å². The lowest BCUT2D eigenvalue weighted by molar-refractivity contribution is -0.145. The minimum Gasteiger partial charge on any atom is -0.465 e. The van der Waals surface area contributed by atoms with Gasteiger partial charge in [0.15, 0.2) is 0 Å². The predicted molar refractivity (Wildman–Crippen MR) is 225 cm³/mol. The van der Waals surface area contributed by atoms with Crippen molar-refractivity contribution >= 4 is 5.97 Å². The highest BCUT2D eigenvalue weighted by Crippen LogP contribution is 2.21. The number of carbonyl (C=O) groups excluding carboxylic acids is 1. The third-order valence-electron chi connectivity index (χ3n) is 11.4. The van der Waals surface area contributed by atoms with Crippen molar-refractivity contribution in [2.24, 2.45) is 5.92 Å². The van der Waals surface area contributed by atoms with Crippen molar-refractivity contribution in [1.29, 1.82) is 0 Å². The molecule has 2 heteroatoms. The van der Waals surface area contributed by atoms with E-state index in [2.05, 4.69) is 20.8 Å². The van der Waals surface area contributed by atoms with Crippen molar-refractivity contribution in [2.75, 3.05) is 6.61 Å². The summed E-state index contributed by atoms with van der Waals surface area (Å²) >= 11 is 0. The Morgan fingerprint density at radius 1 is 0.320 bits per heavy atom. The number of rotatable bonds is 44. The molecule has 1 unspecified atom stereocenters. The Morgan fingerprint density at radius 2 is 0.540 bits per heavy atom. The first-order chi connectivity index (χ1) is 24.7. The van der Waals surface area contributed by atoms with Crippen molar-refractivity contribution in [3.63, 3.8) is 0 Å². The fourth-order valence-electron chi connectivity index (χ4n) is 7.78. The molecule has 0 N–H and O–H groups in total. The van der Waals surface area contributed by atoms with Gasteiger partial charge in [-0.2, -0.15) is 0 Å². The summed E-state index contributed by atoms with van der Waals surface area (Å²) in [5.41, 5.74) is 0. The molecule has 50 heavy (non-hydrogen) atoms. The summed E-state index contributed by atoms with van der Waals surface area (Å²) in [6.07, 6.45) is 57.4. The van der Waals surface area contributed by atoms with Crippen LogP contribution in [0.25, 0.3) is 0 Å². The summed E-state index contributed by atoms with van der Waals surface area (Å²) in [5.74, 6) is 0.636. The molecular formula is C48H96O2. The maximum absolute atomic E-state index is 12.6. The molecule has 0 radical (unpaired) electrons. The molecule has 0 aromatic carbocycles. The second kappa shape index (κ2) is 44.6. The molecule has 0 fully saturated rings. The Labute approximate surface area is 317 Å². The minimum absolute atomic E-state index is 0.0610. The molecular weight excluding hydrogens is 609 g/mol. The zero-order valence-electron chi connectivity index (χ0n) is 35.3. The third-order valence-corrected chi connectivity index (χ3v) is 11.4. The number of unbranched alkanes of at least 4 members (excludes halogenated alkanes) is 36. The van der Waals surface area contributed by atoms with Gasteiger partial charge in [0.25, 0.3) is 0 Å². The highest BCUT2D eigenvalue weighted by molar-refractivity contribution is 5.69. The van der Waals surface area contributed by atoms with E-state index in [4.69, 9.17) is 4.74 Å². The van der Waals surface area contributed by atoms with Crippen LogP contribution < -0.4 is 0 Å². The fourth-order valence-corrected chi connectivity index (χ4v) is 7.78. The maximum Gasteiger partial charge on any atom is 0.305 e. The molecule has 0 aromatic heterocycles. The molecule has 300 valence electrons. The standard InChI is InChI=1S/C48H96O2/c1-4-7-10-13-16-19-21-23-25-26-28-30-33-35-38-41-44-47(46-50-48(49)45-42-39-36-31-18-15-12-9-6-3)43-40-37-34-32-29-27-24-22-20-17-14-11-8-5-2/h47H,4-46H2,1-3H3. The summed E-state index contributed by atoms with van der Waals surface area (Å²) in [5, 5.41) is 0.